The maximum atomic E-state index is 13.1. The van der Waals surface area contributed by atoms with Gasteiger partial charge in [-0.15, -0.1) is 10.2 Å². The van der Waals surface area contributed by atoms with Crippen LogP contribution in [0.2, 0.25) is 5.02 Å². The molecule has 0 amide bonds. The number of esters is 1. The van der Waals surface area contributed by atoms with Crippen LogP contribution in [0.15, 0.2) is 94.0 Å². The average molecular weight is 591 g/mol. The molecule has 0 aliphatic rings. The largest absolute Gasteiger partial charge is 0.464 e. The number of thioether (sulfide) groups is 1. The number of para-hydroxylation sites is 1. The monoisotopic (exact) mass is 590 g/mol. The third kappa shape index (κ3) is 6.05. The number of halogens is 1. The Bertz CT molecular complexity index is 1750. The van der Waals surface area contributed by atoms with Crippen LogP contribution in [0, 0.1) is 0 Å². The molecule has 208 valence electrons. The summed E-state index contributed by atoms with van der Waals surface area (Å²) in [5.74, 6) is 0.290. The molecule has 14 heteroatoms. The van der Waals surface area contributed by atoms with Crippen molar-refractivity contribution in [3.05, 3.63) is 111 Å². The minimum absolute atomic E-state index is 0.0262. The van der Waals surface area contributed by atoms with Crippen LogP contribution in [0.1, 0.15) is 17.0 Å². The highest BCUT2D eigenvalue weighted by Gasteiger charge is 2.21. The van der Waals surface area contributed by atoms with E-state index in [9.17, 15) is 9.59 Å². The molecule has 0 aliphatic heterocycles. The van der Waals surface area contributed by atoms with Crippen molar-refractivity contribution in [2.24, 2.45) is 5.16 Å². The predicted molar refractivity (Wildman–Crippen MR) is 153 cm³/mol. The fourth-order valence-electron chi connectivity index (χ4n) is 3.99. The maximum Gasteiger partial charge on any atom is 0.368 e. The van der Waals surface area contributed by atoms with Crippen LogP contribution in [0.3, 0.4) is 0 Å². The number of carbonyl (C=O) groups is 1. The van der Waals surface area contributed by atoms with E-state index in [4.69, 9.17) is 21.2 Å². The molecule has 0 aliphatic carbocycles. The summed E-state index contributed by atoms with van der Waals surface area (Å²) in [4.78, 5) is 30.4. The van der Waals surface area contributed by atoms with Gasteiger partial charge >= 0.3 is 11.7 Å². The number of carbonyl (C=O) groups excluding carboxylic acids is 1. The second-order valence-electron chi connectivity index (χ2n) is 8.44. The lowest BCUT2D eigenvalue weighted by atomic mass is 10.0. The lowest BCUT2D eigenvalue weighted by Crippen LogP contribution is -2.25. The normalized spacial score (nSPS) is 11.4. The summed E-state index contributed by atoms with van der Waals surface area (Å²) in [6, 6.07) is 23.6. The summed E-state index contributed by atoms with van der Waals surface area (Å²) < 4.78 is 9.14. The minimum Gasteiger partial charge on any atom is -0.464 e. The summed E-state index contributed by atoms with van der Waals surface area (Å²) in [6.07, 6.45) is 0. The van der Waals surface area contributed by atoms with Crippen LogP contribution < -0.4 is 5.69 Å². The fourth-order valence-corrected chi connectivity index (χ4v) is 5.09. The van der Waals surface area contributed by atoms with Gasteiger partial charge in [0.15, 0.2) is 16.7 Å². The van der Waals surface area contributed by atoms with Crippen LogP contribution in [0.25, 0.3) is 11.4 Å². The van der Waals surface area contributed by atoms with Crippen molar-refractivity contribution in [1.82, 2.24) is 34.6 Å². The smallest absolute Gasteiger partial charge is 0.368 e. The van der Waals surface area contributed by atoms with E-state index in [1.807, 2.05) is 47.0 Å². The first kappa shape index (κ1) is 27.8. The van der Waals surface area contributed by atoms with E-state index in [0.717, 1.165) is 11.3 Å². The van der Waals surface area contributed by atoms with Gasteiger partial charge in [-0.3, -0.25) is 4.57 Å². The zero-order valence-corrected chi connectivity index (χ0v) is 23.5. The molecular formula is C27H23ClN8O4S. The van der Waals surface area contributed by atoms with E-state index in [-0.39, 0.29) is 12.3 Å². The summed E-state index contributed by atoms with van der Waals surface area (Å²) >= 11 is 7.38. The van der Waals surface area contributed by atoms with Crippen molar-refractivity contribution in [2.45, 2.75) is 17.5 Å². The zero-order chi connectivity index (χ0) is 28.8. The van der Waals surface area contributed by atoms with Crippen molar-refractivity contribution in [1.29, 1.82) is 0 Å². The Hall–Kier alpha value is -4.75. The molecule has 0 saturated heterocycles. The Morgan fingerprint density at radius 1 is 0.927 bits per heavy atom. The number of oxime groups is 1. The van der Waals surface area contributed by atoms with Gasteiger partial charge in [0.05, 0.1) is 12.8 Å². The second-order valence-corrected chi connectivity index (χ2v) is 9.82. The molecular weight excluding hydrogens is 568 g/mol. The topological polar surface area (TPSA) is 131 Å². The molecule has 12 nitrogen and oxygen atoms in total. The number of benzene rings is 3. The van der Waals surface area contributed by atoms with Gasteiger partial charge in [-0.1, -0.05) is 71.0 Å². The van der Waals surface area contributed by atoms with Crippen LogP contribution in [0.5, 0.6) is 0 Å². The van der Waals surface area contributed by atoms with Crippen LogP contribution in [-0.2, 0) is 26.7 Å². The number of ether oxygens (including phenoxy) is 1. The van der Waals surface area contributed by atoms with Gasteiger partial charge in [-0.2, -0.15) is 9.36 Å². The van der Waals surface area contributed by atoms with Gasteiger partial charge in [-0.25, -0.2) is 9.59 Å². The first-order valence-corrected chi connectivity index (χ1v) is 13.6. The van der Waals surface area contributed by atoms with E-state index in [2.05, 4.69) is 25.8 Å². The maximum absolute atomic E-state index is 13.1. The summed E-state index contributed by atoms with van der Waals surface area (Å²) in [6.45, 7) is 0.0262. The average Bonchev–Trinajstić information content (AvgIpc) is 3.58. The van der Waals surface area contributed by atoms with E-state index in [1.165, 1.54) is 35.3 Å². The Morgan fingerprint density at radius 3 is 2.39 bits per heavy atom. The van der Waals surface area contributed by atoms with Gasteiger partial charge < -0.3 is 9.57 Å². The third-order valence-corrected chi connectivity index (χ3v) is 7.14. The molecule has 0 N–H and O–H groups in total. The number of aromatic nitrogens is 7. The van der Waals surface area contributed by atoms with Crippen molar-refractivity contribution in [2.75, 3.05) is 14.2 Å². The summed E-state index contributed by atoms with van der Waals surface area (Å²) in [5, 5.41) is 21.9. The molecule has 0 saturated carbocycles. The van der Waals surface area contributed by atoms with Crippen LogP contribution in [-0.4, -0.2) is 60.5 Å². The first-order valence-electron chi connectivity index (χ1n) is 12.2. The van der Waals surface area contributed by atoms with Crippen LogP contribution in [0.4, 0.5) is 0 Å². The Kier molecular flexibility index (Phi) is 8.56. The molecule has 0 bridgehead atoms. The number of hydrogen-bond acceptors (Lipinski definition) is 10. The third-order valence-electron chi connectivity index (χ3n) is 5.91. The first-order chi connectivity index (χ1) is 20.0. The number of hydrogen-bond donors (Lipinski definition) is 0. The second kappa shape index (κ2) is 12.6. The quantitative estimate of drug-likeness (QED) is 0.104. The molecule has 0 spiro atoms. The van der Waals surface area contributed by atoms with Crippen molar-refractivity contribution in [3.8, 4) is 11.4 Å². The van der Waals surface area contributed by atoms with E-state index in [1.54, 1.807) is 36.4 Å². The van der Waals surface area contributed by atoms with E-state index in [0.29, 0.717) is 33.0 Å². The molecule has 5 rings (SSSR count). The highest BCUT2D eigenvalue weighted by molar-refractivity contribution is 7.98. The Morgan fingerprint density at radius 2 is 1.66 bits per heavy atom. The fraction of sp³-hybridized carbons (Fsp3) is 0.148. The van der Waals surface area contributed by atoms with E-state index < -0.39 is 11.7 Å². The highest BCUT2D eigenvalue weighted by Crippen LogP contribution is 2.27. The molecule has 0 fully saturated rings. The number of methoxy groups -OCH3 is 1. The zero-order valence-electron chi connectivity index (χ0n) is 21.9. The van der Waals surface area contributed by atoms with Crippen LogP contribution >= 0.6 is 23.4 Å². The van der Waals surface area contributed by atoms with Gasteiger partial charge in [0.25, 0.3) is 0 Å². The SMILES string of the molecule is CO/N=C(/C(=O)OC)c1ccccc1CSc1nnc(Cn2nnn(-c3ccc(Cl)cc3)c2=O)n1-c1ccccc1. The van der Waals surface area contributed by atoms with Gasteiger partial charge in [0, 0.05) is 22.0 Å². The molecule has 41 heavy (non-hydrogen) atoms. The van der Waals surface area contributed by atoms with Gasteiger partial charge in [-0.05, 0) is 52.4 Å². The molecule has 0 atom stereocenters. The van der Waals surface area contributed by atoms with Crippen molar-refractivity contribution >= 4 is 35.0 Å². The molecule has 2 heterocycles. The summed E-state index contributed by atoms with van der Waals surface area (Å²) in [7, 11) is 2.65. The molecule has 3 aromatic carbocycles. The molecule has 2 aromatic heterocycles. The predicted octanol–water partition coefficient (Wildman–Crippen LogP) is 3.53. The molecule has 0 unspecified atom stereocenters. The molecule has 0 radical (unpaired) electrons. The standard InChI is InChI=1S/C27H23ClN8O4S/c1-39-25(37)24(31-40-2)22-11-7-6-8-18(22)17-41-26-30-29-23(35(26)20-9-4-3-5-10-20)16-34-27(38)36(33-32-34)21-14-12-19(28)13-15-21/h3-15H,16-17H2,1-2H3/b31-24+. The van der Waals surface area contributed by atoms with Crippen molar-refractivity contribution in [3.63, 3.8) is 0 Å². The molecule has 5 aromatic rings. The number of rotatable bonds is 10. The highest BCUT2D eigenvalue weighted by atomic mass is 35.5. The van der Waals surface area contributed by atoms with Gasteiger partial charge in [0.2, 0.25) is 0 Å². The number of tetrazole rings is 1. The Labute approximate surface area is 243 Å². The van der Waals surface area contributed by atoms with Gasteiger partial charge in [0.1, 0.15) is 13.7 Å². The van der Waals surface area contributed by atoms with E-state index >= 15 is 0 Å². The minimum atomic E-state index is -0.615. The summed E-state index contributed by atoms with van der Waals surface area (Å²) in [5.41, 5.74) is 2.34. The van der Waals surface area contributed by atoms with Crippen molar-refractivity contribution < 1.29 is 14.4 Å². The Balaban J connectivity index is 1.46. The lowest BCUT2D eigenvalue weighted by molar-refractivity contribution is -0.132. The lowest BCUT2D eigenvalue weighted by Gasteiger charge is -2.12. The number of nitrogens with zero attached hydrogens (tertiary/aromatic N) is 8.